The van der Waals surface area contributed by atoms with Crippen LogP contribution in [0.5, 0.6) is 5.75 Å². The van der Waals surface area contributed by atoms with Crippen LogP contribution in [-0.2, 0) is 6.54 Å². The number of rotatable bonds is 3. The van der Waals surface area contributed by atoms with E-state index in [4.69, 9.17) is 0 Å². The number of aryl methyl sites for hydroxylation is 1. The molecule has 17 heavy (non-hydrogen) atoms. The molecule has 88 valence electrons. The molecule has 0 saturated carbocycles. The maximum Gasteiger partial charge on any atom is 0.255 e. The van der Waals surface area contributed by atoms with Crippen molar-refractivity contribution >= 4 is 5.91 Å². The first-order valence-corrected chi connectivity index (χ1v) is 5.14. The summed E-state index contributed by atoms with van der Waals surface area (Å²) in [6.07, 6.45) is 1.44. The highest BCUT2D eigenvalue weighted by Crippen LogP contribution is 2.17. The van der Waals surface area contributed by atoms with Gasteiger partial charge in [-0.3, -0.25) is 4.79 Å². The molecule has 0 radical (unpaired) electrons. The van der Waals surface area contributed by atoms with E-state index in [1.54, 1.807) is 18.2 Å². The number of aromatic hydroxyl groups is 1. The average Bonchev–Trinajstić information content (AvgIpc) is 2.82. The standard InChI is InChI=1S/C12H12N2O3/c1-8-2-3-11(15)10(6-8)12(16)13-7-9-4-5-17-14-9/h2-6,15H,7H2,1H3,(H,13,16). The summed E-state index contributed by atoms with van der Waals surface area (Å²) >= 11 is 0. The Morgan fingerprint density at radius 2 is 2.29 bits per heavy atom. The number of phenols is 1. The number of aromatic nitrogens is 1. The third-order valence-corrected chi connectivity index (χ3v) is 2.32. The molecule has 2 rings (SSSR count). The molecule has 2 N–H and O–H groups in total. The molecule has 0 aliphatic carbocycles. The fourth-order valence-corrected chi connectivity index (χ4v) is 1.43. The molecule has 0 aliphatic rings. The van der Waals surface area contributed by atoms with Gasteiger partial charge in [0, 0.05) is 6.07 Å². The minimum absolute atomic E-state index is 0.0340. The van der Waals surface area contributed by atoms with Crippen LogP contribution in [0, 0.1) is 6.92 Å². The lowest BCUT2D eigenvalue weighted by Crippen LogP contribution is -2.23. The summed E-state index contributed by atoms with van der Waals surface area (Å²) in [4.78, 5) is 11.8. The van der Waals surface area contributed by atoms with Gasteiger partial charge in [-0.25, -0.2) is 0 Å². The molecule has 5 nitrogen and oxygen atoms in total. The Morgan fingerprint density at radius 3 is 3.00 bits per heavy atom. The number of phenolic OH excluding ortho intramolecular Hbond substituents is 1. The van der Waals surface area contributed by atoms with Crippen LogP contribution in [0.1, 0.15) is 21.6 Å². The summed E-state index contributed by atoms with van der Waals surface area (Å²) < 4.78 is 4.64. The molecule has 0 unspecified atom stereocenters. The number of carbonyl (C=O) groups excluding carboxylic acids is 1. The summed E-state index contributed by atoms with van der Waals surface area (Å²) in [7, 11) is 0. The van der Waals surface area contributed by atoms with Crippen LogP contribution in [0.2, 0.25) is 0 Å². The van der Waals surface area contributed by atoms with Crippen LogP contribution in [0.15, 0.2) is 35.1 Å². The summed E-state index contributed by atoms with van der Waals surface area (Å²) in [6.45, 7) is 2.12. The van der Waals surface area contributed by atoms with Crippen LogP contribution in [0.25, 0.3) is 0 Å². The fourth-order valence-electron chi connectivity index (χ4n) is 1.43. The van der Waals surface area contributed by atoms with E-state index in [0.29, 0.717) is 5.69 Å². The van der Waals surface area contributed by atoms with Crippen molar-refractivity contribution in [2.24, 2.45) is 0 Å². The molecule has 1 amide bonds. The molecule has 5 heteroatoms. The van der Waals surface area contributed by atoms with Crippen molar-refractivity contribution in [1.29, 1.82) is 0 Å². The Labute approximate surface area is 98.1 Å². The maximum atomic E-state index is 11.8. The third-order valence-electron chi connectivity index (χ3n) is 2.32. The zero-order valence-electron chi connectivity index (χ0n) is 9.30. The van der Waals surface area contributed by atoms with Crippen molar-refractivity contribution < 1.29 is 14.4 Å². The lowest BCUT2D eigenvalue weighted by atomic mass is 10.1. The van der Waals surface area contributed by atoms with Gasteiger partial charge in [0.15, 0.2) is 0 Å². The van der Waals surface area contributed by atoms with Gasteiger partial charge in [-0.15, -0.1) is 0 Å². The monoisotopic (exact) mass is 232 g/mol. The molecule has 0 fully saturated rings. The van der Waals surface area contributed by atoms with Crippen molar-refractivity contribution in [3.63, 3.8) is 0 Å². The van der Waals surface area contributed by atoms with Crippen LogP contribution in [0.4, 0.5) is 0 Å². The molecular formula is C12H12N2O3. The Hall–Kier alpha value is -2.30. The van der Waals surface area contributed by atoms with Crippen molar-refractivity contribution in [2.45, 2.75) is 13.5 Å². The molecular weight excluding hydrogens is 220 g/mol. The summed E-state index contributed by atoms with van der Waals surface area (Å²) in [5.41, 5.74) is 1.80. The largest absolute Gasteiger partial charge is 0.507 e. The summed E-state index contributed by atoms with van der Waals surface area (Å²) in [5, 5.41) is 15.9. The molecule has 2 aromatic rings. The predicted molar refractivity (Wildman–Crippen MR) is 60.5 cm³/mol. The number of nitrogens with zero attached hydrogens (tertiary/aromatic N) is 1. The minimum atomic E-state index is -0.339. The predicted octanol–water partition coefficient (Wildman–Crippen LogP) is 1.62. The van der Waals surface area contributed by atoms with Gasteiger partial charge >= 0.3 is 0 Å². The molecule has 0 bridgehead atoms. The number of carbonyl (C=O) groups is 1. The zero-order chi connectivity index (χ0) is 12.3. The first-order valence-electron chi connectivity index (χ1n) is 5.14. The number of benzene rings is 1. The molecule has 0 aliphatic heterocycles. The van der Waals surface area contributed by atoms with Gasteiger partial charge in [-0.05, 0) is 19.1 Å². The van der Waals surface area contributed by atoms with E-state index >= 15 is 0 Å². The SMILES string of the molecule is Cc1ccc(O)c(C(=O)NCc2ccon2)c1. The zero-order valence-corrected chi connectivity index (χ0v) is 9.30. The van der Waals surface area contributed by atoms with Crippen LogP contribution < -0.4 is 5.32 Å². The number of hydrogen-bond donors (Lipinski definition) is 2. The van der Waals surface area contributed by atoms with E-state index in [1.807, 2.05) is 6.92 Å². The van der Waals surface area contributed by atoms with E-state index < -0.39 is 0 Å². The van der Waals surface area contributed by atoms with E-state index in [2.05, 4.69) is 15.0 Å². The van der Waals surface area contributed by atoms with E-state index in [1.165, 1.54) is 12.3 Å². The molecule has 0 spiro atoms. The smallest absolute Gasteiger partial charge is 0.255 e. The number of hydrogen-bond acceptors (Lipinski definition) is 4. The lowest BCUT2D eigenvalue weighted by molar-refractivity contribution is 0.0947. The summed E-state index contributed by atoms with van der Waals surface area (Å²) in [5.74, 6) is -0.373. The second-order valence-electron chi connectivity index (χ2n) is 3.69. The topological polar surface area (TPSA) is 75.4 Å². The summed E-state index contributed by atoms with van der Waals surface area (Å²) in [6, 6.07) is 6.54. The molecule has 0 saturated heterocycles. The Balaban J connectivity index is 2.07. The van der Waals surface area contributed by atoms with Gasteiger partial charge in [0.25, 0.3) is 5.91 Å². The first kappa shape index (κ1) is 11.2. The fraction of sp³-hybridized carbons (Fsp3) is 0.167. The van der Waals surface area contributed by atoms with E-state index in [9.17, 15) is 9.90 Å². The highest BCUT2D eigenvalue weighted by molar-refractivity contribution is 5.96. The van der Waals surface area contributed by atoms with Crippen molar-refractivity contribution in [1.82, 2.24) is 10.5 Å². The van der Waals surface area contributed by atoms with Crippen LogP contribution in [-0.4, -0.2) is 16.2 Å². The average molecular weight is 232 g/mol. The van der Waals surface area contributed by atoms with Gasteiger partial charge in [0.2, 0.25) is 0 Å². The van der Waals surface area contributed by atoms with Crippen molar-refractivity contribution in [3.05, 3.63) is 47.3 Å². The Bertz CT molecular complexity index is 521. The Kier molecular flexibility index (Phi) is 3.09. The maximum absolute atomic E-state index is 11.8. The highest BCUT2D eigenvalue weighted by Gasteiger charge is 2.11. The van der Waals surface area contributed by atoms with E-state index in [-0.39, 0.29) is 23.8 Å². The molecule has 1 aromatic heterocycles. The highest BCUT2D eigenvalue weighted by atomic mass is 16.5. The van der Waals surface area contributed by atoms with Gasteiger partial charge < -0.3 is 14.9 Å². The van der Waals surface area contributed by atoms with Crippen molar-refractivity contribution in [3.8, 4) is 5.75 Å². The van der Waals surface area contributed by atoms with Crippen molar-refractivity contribution in [2.75, 3.05) is 0 Å². The second-order valence-corrected chi connectivity index (χ2v) is 3.69. The number of amides is 1. The van der Waals surface area contributed by atoms with Gasteiger partial charge in [0.05, 0.1) is 12.1 Å². The molecule has 1 heterocycles. The minimum Gasteiger partial charge on any atom is -0.507 e. The first-order chi connectivity index (χ1) is 8.16. The quantitative estimate of drug-likeness (QED) is 0.843. The van der Waals surface area contributed by atoms with Gasteiger partial charge in [-0.2, -0.15) is 0 Å². The number of nitrogens with one attached hydrogen (secondary N) is 1. The lowest BCUT2D eigenvalue weighted by Gasteiger charge is -2.06. The van der Waals surface area contributed by atoms with Gasteiger partial charge in [-0.1, -0.05) is 16.8 Å². The normalized spacial score (nSPS) is 10.2. The van der Waals surface area contributed by atoms with E-state index in [0.717, 1.165) is 5.56 Å². The molecule has 1 aromatic carbocycles. The second kappa shape index (κ2) is 4.69. The molecule has 0 atom stereocenters. The van der Waals surface area contributed by atoms with Crippen LogP contribution in [0.3, 0.4) is 0 Å². The Morgan fingerprint density at radius 1 is 1.47 bits per heavy atom. The van der Waals surface area contributed by atoms with Gasteiger partial charge in [0.1, 0.15) is 17.7 Å². The third kappa shape index (κ3) is 2.63. The van der Waals surface area contributed by atoms with Crippen LogP contribution >= 0.6 is 0 Å².